The Bertz CT molecular complexity index is 124. The molecule has 0 aromatic rings. The number of hydrogen-bond donors (Lipinski definition) is 1. The summed E-state index contributed by atoms with van der Waals surface area (Å²) in [6.07, 6.45) is 0.939. The van der Waals surface area contributed by atoms with Gasteiger partial charge in [0.2, 0.25) is 0 Å². The van der Waals surface area contributed by atoms with E-state index in [1.165, 1.54) is 0 Å². The van der Waals surface area contributed by atoms with Crippen LogP contribution < -0.4 is 5.73 Å². The van der Waals surface area contributed by atoms with Crippen LogP contribution in [0.5, 0.6) is 0 Å². The topological polar surface area (TPSA) is 59.0 Å². The van der Waals surface area contributed by atoms with Crippen LogP contribution in [0.15, 0.2) is 0 Å². The zero-order chi connectivity index (χ0) is 6.69. The molecule has 3 nitrogen and oxygen atoms in total. The van der Waals surface area contributed by atoms with E-state index in [-0.39, 0.29) is 12.0 Å². The lowest BCUT2D eigenvalue weighted by atomic mass is 10.0. The monoisotopic (exact) mass is 126 g/mol. The van der Waals surface area contributed by atoms with Gasteiger partial charge in [0.15, 0.2) is 0 Å². The van der Waals surface area contributed by atoms with Crippen LogP contribution in [0.1, 0.15) is 6.42 Å². The number of ether oxygens (including phenoxy) is 1. The molecule has 0 unspecified atom stereocenters. The van der Waals surface area contributed by atoms with E-state index < -0.39 is 0 Å². The van der Waals surface area contributed by atoms with Crippen molar-refractivity contribution in [2.75, 3.05) is 13.2 Å². The molecule has 0 saturated carbocycles. The van der Waals surface area contributed by atoms with Gasteiger partial charge in [0.25, 0.3) is 0 Å². The zero-order valence-corrected chi connectivity index (χ0v) is 5.21. The molecule has 1 fully saturated rings. The first-order valence-corrected chi connectivity index (χ1v) is 3.07. The summed E-state index contributed by atoms with van der Waals surface area (Å²) in [5, 5.41) is 8.36. The lowest BCUT2D eigenvalue weighted by Gasteiger charge is -2.07. The van der Waals surface area contributed by atoms with Crippen LogP contribution >= 0.6 is 0 Å². The third-order valence-electron chi connectivity index (χ3n) is 1.62. The SMILES string of the molecule is N#C[C@H](N)[C@H]1CCOC1. The first-order chi connectivity index (χ1) is 4.34. The van der Waals surface area contributed by atoms with Crippen molar-refractivity contribution in [3.63, 3.8) is 0 Å². The van der Waals surface area contributed by atoms with E-state index in [1.807, 2.05) is 6.07 Å². The molecule has 0 aromatic carbocycles. The van der Waals surface area contributed by atoms with Crippen molar-refractivity contribution in [2.24, 2.45) is 11.7 Å². The number of nitrogens with two attached hydrogens (primary N) is 1. The van der Waals surface area contributed by atoms with Gasteiger partial charge in [-0.1, -0.05) is 0 Å². The molecule has 2 atom stereocenters. The molecule has 0 amide bonds. The van der Waals surface area contributed by atoms with Crippen LogP contribution in [0, 0.1) is 17.2 Å². The second-order valence-electron chi connectivity index (χ2n) is 2.28. The molecule has 3 heteroatoms. The number of hydrogen-bond acceptors (Lipinski definition) is 3. The number of nitriles is 1. The van der Waals surface area contributed by atoms with Gasteiger partial charge < -0.3 is 10.5 Å². The summed E-state index contributed by atoms with van der Waals surface area (Å²) in [4.78, 5) is 0. The Hall–Kier alpha value is -0.590. The van der Waals surface area contributed by atoms with E-state index in [2.05, 4.69) is 0 Å². The third kappa shape index (κ3) is 1.41. The minimum Gasteiger partial charge on any atom is -0.381 e. The number of rotatable bonds is 1. The first-order valence-electron chi connectivity index (χ1n) is 3.07. The maximum Gasteiger partial charge on any atom is 0.0979 e. The van der Waals surface area contributed by atoms with Crippen LogP contribution in [-0.4, -0.2) is 19.3 Å². The molecule has 1 saturated heterocycles. The average Bonchev–Trinajstić information content (AvgIpc) is 2.37. The van der Waals surface area contributed by atoms with Gasteiger partial charge >= 0.3 is 0 Å². The Kier molecular flexibility index (Phi) is 2.04. The van der Waals surface area contributed by atoms with Crippen LogP contribution in [0.3, 0.4) is 0 Å². The smallest absolute Gasteiger partial charge is 0.0979 e. The van der Waals surface area contributed by atoms with E-state index in [1.54, 1.807) is 0 Å². The van der Waals surface area contributed by atoms with E-state index in [0.29, 0.717) is 6.61 Å². The van der Waals surface area contributed by atoms with Crippen molar-refractivity contribution in [3.05, 3.63) is 0 Å². The largest absolute Gasteiger partial charge is 0.381 e. The van der Waals surface area contributed by atoms with Crippen molar-refractivity contribution in [3.8, 4) is 6.07 Å². The van der Waals surface area contributed by atoms with Crippen LogP contribution in [0.2, 0.25) is 0 Å². The predicted octanol–water partition coefficient (Wildman–Crippen LogP) is -0.126. The molecule has 1 heterocycles. The van der Waals surface area contributed by atoms with E-state index in [4.69, 9.17) is 15.7 Å². The molecule has 1 aliphatic rings. The van der Waals surface area contributed by atoms with Crippen molar-refractivity contribution >= 4 is 0 Å². The molecule has 2 N–H and O–H groups in total. The van der Waals surface area contributed by atoms with Crippen LogP contribution in [-0.2, 0) is 4.74 Å². The first kappa shape index (κ1) is 6.53. The van der Waals surface area contributed by atoms with Gasteiger partial charge in [-0.25, -0.2) is 0 Å². The molecular weight excluding hydrogens is 116 g/mol. The third-order valence-corrected chi connectivity index (χ3v) is 1.62. The van der Waals surface area contributed by atoms with Crippen molar-refractivity contribution in [1.29, 1.82) is 5.26 Å². The van der Waals surface area contributed by atoms with Crippen molar-refractivity contribution < 1.29 is 4.74 Å². The summed E-state index contributed by atoms with van der Waals surface area (Å²) >= 11 is 0. The maximum absolute atomic E-state index is 8.36. The number of nitrogens with zero attached hydrogens (tertiary/aromatic N) is 1. The summed E-state index contributed by atoms with van der Waals surface area (Å²) in [7, 11) is 0. The fourth-order valence-electron chi connectivity index (χ4n) is 0.941. The highest BCUT2D eigenvalue weighted by Gasteiger charge is 2.21. The highest BCUT2D eigenvalue weighted by molar-refractivity contribution is 4.93. The minimum atomic E-state index is -0.326. The Labute approximate surface area is 54.4 Å². The van der Waals surface area contributed by atoms with Crippen molar-refractivity contribution in [1.82, 2.24) is 0 Å². The Morgan fingerprint density at radius 1 is 1.78 bits per heavy atom. The molecule has 9 heavy (non-hydrogen) atoms. The highest BCUT2D eigenvalue weighted by Crippen LogP contribution is 2.14. The molecule has 0 aromatic heterocycles. The summed E-state index contributed by atoms with van der Waals surface area (Å²) in [6, 6.07) is 1.68. The molecule has 0 radical (unpaired) electrons. The van der Waals surface area contributed by atoms with E-state index >= 15 is 0 Å². The Balaban J connectivity index is 2.34. The fraction of sp³-hybridized carbons (Fsp3) is 0.833. The van der Waals surface area contributed by atoms with Gasteiger partial charge in [0.05, 0.1) is 18.7 Å². The summed E-state index contributed by atoms with van der Waals surface area (Å²) in [6.45, 7) is 1.43. The lowest BCUT2D eigenvalue weighted by molar-refractivity contribution is 0.184. The molecule has 1 aliphatic heterocycles. The Morgan fingerprint density at radius 2 is 2.56 bits per heavy atom. The molecular formula is C6H10N2O. The van der Waals surface area contributed by atoms with Gasteiger partial charge in [-0.2, -0.15) is 5.26 Å². The summed E-state index contributed by atoms with van der Waals surface area (Å²) in [5.74, 6) is 0.273. The minimum absolute atomic E-state index is 0.273. The van der Waals surface area contributed by atoms with Gasteiger partial charge in [-0.05, 0) is 6.42 Å². The second kappa shape index (κ2) is 2.81. The maximum atomic E-state index is 8.36. The van der Waals surface area contributed by atoms with Gasteiger partial charge in [0.1, 0.15) is 0 Å². The summed E-state index contributed by atoms with van der Waals surface area (Å²) < 4.78 is 5.05. The van der Waals surface area contributed by atoms with Crippen LogP contribution in [0.25, 0.3) is 0 Å². The van der Waals surface area contributed by atoms with Crippen molar-refractivity contribution in [2.45, 2.75) is 12.5 Å². The zero-order valence-electron chi connectivity index (χ0n) is 5.21. The normalized spacial score (nSPS) is 29.6. The lowest BCUT2D eigenvalue weighted by Crippen LogP contribution is -2.28. The summed E-state index contributed by atoms with van der Waals surface area (Å²) in [5.41, 5.74) is 5.44. The molecule has 0 bridgehead atoms. The second-order valence-corrected chi connectivity index (χ2v) is 2.28. The van der Waals surface area contributed by atoms with E-state index in [0.717, 1.165) is 13.0 Å². The van der Waals surface area contributed by atoms with E-state index in [9.17, 15) is 0 Å². The quantitative estimate of drug-likeness (QED) is 0.532. The standard InChI is InChI=1S/C6H10N2O/c7-3-6(8)5-1-2-9-4-5/h5-6H,1-2,4,8H2/t5-,6-/m0/s1. The molecule has 0 spiro atoms. The van der Waals surface area contributed by atoms with Gasteiger partial charge in [0, 0.05) is 12.5 Å². The average molecular weight is 126 g/mol. The molecule has 0 aliphatic carbocycles. The van der Waals surface area contributed by atoms with Crippen LogP contribution in [0.4, 0.5) is 0 Å². The Morgan fingerprint density at radius 3 is 3.00 bits per heavy atom. The predicted molar refractivity (Wildman–Crippen MR) is 32.5 cm³/mol. The van der Waals surface area contributed by atoms with Gasteiger partial charge in [-0.3, -0.25) is 0 Å². The highest BCUT2D eigenvalue weighted by atomic mass is 16.5. The van der Waals surface area contributed by atoms with Gasteiger partial charge in [-0.15, -0.1) is 0 Å². The molecule has 50 valence electrons. The fourth-order valence-corrected chi connectivity index (χ4v) is 0.941. The molecule has 1 rings (SSSR count).